The lowest BCUT2D eigenvalue weighted by Crippen LogP contribution is -2.05. The number of hydrogen-bond acceptors (Lipinski definition) is 3. The van der Waals surface area contributed by atoms with Crippen molar-refractivity contribution in [1.82, 2.24) is 0 Å². The molecule has 0 saturated heterocycles. The fraction of sp³-hybridized carbons (Fsp3) is 0. The average molecular weight is 421 g/mol. The van der Waals surface area contributed by atoms with E-state index in [1.165, 1.54) is 24.3 Å². The van der Waals surface area contributed by atoms with Crippen LogP contribution in [0.2, 0.25) is 5.02 Å². The van der Waals surface area contributed by atoms with Gasteiger partial charge in [0.25, 0.3) is 0 Å². The van der Waals surface area contributed by atoms with Crippen LogP contribution in [0.25, 0.3) is 5.76 Å². The first-order valence-electron chi connectivity index (χ1n) is 5.59. The quantitative estimate of drug-likeness (QED) is 0.416. The SMILES string of the molecule is O=S(=O)(O/C(=C/I)c1ccccc1)c1ccc(Cl)cc1. The Labute approximate surface area is 136 Å². The number of rotatable bonds is 4. The molecule has 0 saturated carbocycles. The van der Waals surface area contributed by atoms with E-state index in [-0.39, 0.29) is 10.7 Å². The lowest BCUT2D eigenvalue weighted by Gasteiger charge is -2.10. The van der Waals surface area contributed by atoms with Gasteiger partial charge in [0.1, 0.15) is 4.90 Å². The molecule has 0 fully saturated rings. The van der Waals surface area contributed by atoms with Crippen LogP contribution in [0.4, 0.5) is 0 Å². The monoisotopic (exact) mass is 420 g/mol. The van der Waals surface area contributed by atoms with E-state index in [0.29, 0.717) is 10.6 Å². The number of hydrogen-bond donors (Lipinski definition) is 0. The molecule has 2 rings (SSSR count). The van der Waals surface area contributed by atoms with Crippen LogP contribution in [0.5, 0.6) is 0 Å². The molecule has 2 aromatic carbocycles. The molecule has 0 aliphatic carbocycles. The van der Waals surface area contributed by atoms with Crippen molar-refractivity contribution in [2.45, 2.75) is 4.90 Å². The highest BCUT2D eigenvalue weighted by Crippen LogP contribution is 2.24. The van der Waals surface area contributed by atoms with E-state index < -0.39 is 10.1 Å². The Hall–Kier alpha value is -1.05. The smallest absolute Gasteiger partial charge is 0.339 e. The Morgan fingerprint density at radius 1 is 1.05 bits per heavy atom. The van der Waals surface area contributed by atoms with Gasteiger partial charge in [-0.05, 0) is 46.9 Å². The third-order valence-electron chi connectivity index (χ3n) is 2.46. The highest BCUT2D eigenvalue weighted by Gasteiger charge is 2.18. The number of halogens is 2. The van der Waals surface area contributed by atoms with Gasteiger partial charge in [-0.1, -0.05) is 41.9 Å². The Morgan fingerprint density at radius 3 is 2.20 bits per heavy atom. The summed E-state index contributed by atoms with van der Waals surface area (Å²) < 4.78 is 31.1. The maximum atomic E-state index is 12.2. The van der Waals surface area contributed by atoms with Gasteiger partial charge in [-0.25, -0.2) is 0 Å². The Kier molecular flexibility index (Phi) is 5.06. The fourth-order valence-electron chi connectivity index (χ4n) is 1.50. The summed E-state index contributed by atoms with van der Waals surface area (Å²) in [6.45, 7) is 0. The molecule has 0 aliphatic heterocycles. The van der Waals surface area contributed by atoms with Crippen LogP contribution < -0.4 is 0 Å². The molecule has 0 heterocycles. The van der Waals surface area contributed by atoms with Crippen LogP contribution in [0, 0.1) is 0 Å². The van der Waals surface area contributed by atoms with Crippen molar-refractivity contribution in [3.8, 4) is 0 Å². The molecule has 0 bridgehead atoms. The molecule has 3 nitrogen and oxygen atoms in total. The summed E-state index contributed by atoms with van der Waals surface area (Å²) in [4.78, 5) is 0.0635. The second-order valence-electron chi connectivity index (χ2n) is 3.83. The van der Waals surface area contributed by atoms with E-state index in [9.17, 15) is 8.42 Å². The highest BCUT2D eigenvalue weighted by molar-refractivity contribution is 14.1. The third-order valence-corrected chi connectivity index (χ3v) is 4.53. The normalized spacial score (nSPS) is 12.2. The molecule has 0 N–H and O–H groups in total. The molecule has 0 unspecified atom stereocenters. The zero-order valence-corrected chi connectivity index (χ0v) is 13.9. The van der Waals surface area contributed by atoms with Crippen molar-refractivity contribution in [3.05, 3.63) is 69.3 Å². The predicted octanol–water partition coefficient (Wildman–Crippen LogP) is 4.48. The molecule has 0 amide bonds. The van der Waals surface area contributed by atoms with Gasteiger partial charge < -0.3 is 4.18 Å². The average Bonchev–Trinajstić information content (AvgIpc) is 2.46. The zero-order chi connectivity index (χ0) is 14.6. The second-order valence-corrected chi connectivity index (χ2v) is 6.44. The van der Waals surface area contributed by atoms with Crippen LogP contribution in [0.1, 0.15) is 5.56 Å². The van der Waals surface area contributed by atoms with Crippen LogP contribution in [-0.2, 0) is 14.3 Å². The third kappa shape index (κ3) is 3.74. The molecule has 6 heteroatoms. The summed E-state index contributed by atoms with van der Waals surface area (Å²) >= 11 is 7.69. The summed E-state index contributed by atoms with van der Waals surface area (Å²) in [5, 5.41) is 0.469. The summed E-state index contributed by atoms with van der Waals surface area (Å²) in [7, 11) is -3.87. The van der Waals surface area contributed by atoms with Crippen molar-refractivity contribution in [2.75, 3.05) is 0 Å². The lowest BCUT2D eigenvalue weighted by molar-refractivity contribution is 0.464. The molecular weight excluding hydrogens is 411 g/mol. The van der Waals surface area contributed by atoms with Crippen LogP contribution in [0.15, 0.2) is 63.6 Å². The number of benzene rings is 2. The highest BCUT2D eigenvalue weighted by atomic mass is 127. The molecule has 0 spiro atoms. The predicted molar refractivity (Wildman–Crippen MR) is 88.2 cm³/mol. The molecule has 104 valence electrons. The zero-order valence-electron chi connectivity index (χ0n) is 10.2. The summed E-state index contributed by atoms with van der Waals surface area (Å²) in [5.41, 5.74) is 0.694. The molecule has 0 aliphatic rings. The van der Waals surface area contributed by atoms with Gasteiger partial charge in [-0.3, -0.25) is 0 Å². The van der Waals surface area contributed by atoms with Gasteiger partial charge in [0, 0.05) is 14.7 Å². The van der Waals surface area contributed by atoms with Crippen molar-refractivity contribution in [3.63, 3.8) is 0 Å². The van der Waals surface area contributed by atoms with Crippen LogP contribution in [-0.4, -0.2) is 8.42 Å². The first-order chi connectivity index (χ1) is 9.53. The van der Waals surface area contributed by atoms with E-state index in [0.717, 1.165) is 0 Å². The van der Waals surface area contributed by atoms with Gasteiger partial charge in [0.2, 0.25) is 0 Å². The lowest BCUT2D eigenvalue weighted by atomic mass is 10.2. The minimum Gasteiger partial charge on any atom is -0.378 e. The minimum absolute atomic E-state index is 0.0635. The maximum Gasteiger partial charge on any atom is 0.339 e. The molecular formula is C14H10ClIO3S. The fourth-order valence-corrected chi connectivity index (χ4v) is 3.23. The van der Waals surface area contributed by atoms with E-state index in [1.54, 1.807) is 16.2 Å². The van der Waals surface area contributed by atoms with Gasteiger partial charge in [-0.2, -0.15) is 8.42 Å². The van der Waals surface area contributed by atoms with Gasteiger partial charge >= 0.3 is 10.1 Å². The van der Waals surface area contributed by atoms with Gasteiger partial charge in [0.05, 0.1) is 0 Å². The second kappa shape index (κ2) is 6.60. The Balaban J connectivity index is 2.30. The Bertz CT molecular complexity index is 710. The van der Waals surface area contributed by atoms with E-state index in [2.05, 4.69) is 0 Å². The minimum atomic E-state index is -3.87. The van der Waals surface area contributed by atoms with Crippen LogP contribution in [0.3, 0.4) is 0 Å². The molecule has 0 radical (unpaired) electrons. The molecule has 0 aromatic heterocycles. The first kappa shape index (κ1) is 15.3. The molecule has 0 atom stereocenters. The maximum absolute atomic E-state index is 12.2. The van der Waals surface area contributed by atoms with Gasteiger partial charge in [-0.15, -0.1) is 0 Å². The Morgan fingerprint density at radius 2 is 1.65 bits per heavy atom. The first-order valence-corrected chi connectivity index (χ1v) is 8.62. The topological polar surface area (TPSA) is 43.4 Å². The van der Waals surface area contributed by atoms with E-state index in [1.807, 2.05) is 40.8 Å². The molecule has 2 aromatic rings. The molecule has 20 heavy (non-hydrogen) atoms. The summed E-state index contributed by atoms with van der Waals surface area (Å²) in [5.74, 6) is 0.279. The summed E-state index contributed by atoms with van der Waals surface area (Å²) in [6, 6.07) is 14.9. The van der Waals surface area contributed by atoms with Crippen LogP contribution >= 0.6 is 34.2 Å². The summed E-state index contributed by atoms with van der Waals surface area (Å²) in [6.07, 6.45) is 0. The van der Waals surface area contributed by atoms with Crippen molar-refractivity contribution < 1.29 is 12.6 Å². The van der Waals surface area contributed by atoms with Gasteiger partial charge in [0.15, 0.2) is 5.76 Å². The standard InChI is InChI=1S/C14H10ClIO3S/c15-12-6-8-13(9-7-12)20(17,18)19-14(10-16)11-4-2-1-3-5-11/h1-10H/b14-10+. The van der Waals surface area contributed by atoms with Crippen molar-refractivity contribution in [1.29, 1.82) is 0 Å². The van der Waals surface area contributed by atoms with Crippen molar-refractivity contribution in [2.24, 2.45) is 0 Å². The largest absolute Gasteiger partial charge is 0.378 e. The van der Waals surface area contributed by atoms with E-state index >= 15 is 0 Å². The van der Waals surface area contributed by atoms with Crippen molar-refractivity contribution >= 4 is 50.1 Å². The van der Waals surface area contributed by atoms with E-state index in [4.69, 9.17) is 15.8 Å².